The number of aromatic nitrogens is 2. The number of hydrogen-bond donors (Lipinski definition) is 1. The molecule has 0 saturated carbocycles. The maximum absolute atomic E-state index is 5.48. The van der Waals surface area contributed by atoms with Crippen LogP contribution in [-0.2, 0) is 6.54 Å². The Balaban J connectivity index is 1.62. The van der Waals surface area contributed by atoms with Crippen molar-refractivity contribution >= 4 is 12.0 Å². The molecule has 1 aliphatic rings. The van der Waals surface area contributed by atoms with Gasteiger partial charge in [-0.2, -0.15) is 0 Å². The van der Waals surface area contributed by atoms with E-state index in [-0.39, 0.29) is 6.01 Å². The molecule has 1 aromatic heterocycles. The lowest BCUT2D eigenvalue weighted by molar-refractivity contribution is 0.216. The number of nitrogens with zero attached hydrogens (tertiary/aromatic N) is 4. The molecule has 2 heterocycles. The maximum Gasteiger partial charge on any atom is 0.319 e. The lowest BCUT2D eigenvalue weighted by Gasteiger charge is -2.38. The van der Waals surface area contributed by atoms with Crippen LogP contribution in [0.15, 0.2) is 34.7 Å². The first-order valence-corrected chi connectivity index (χ1v) is 6.84. The third-order valence-electron chi connectivity index (χ3n) is 3.64. The second kappa shape index (κ2) is 5.50. The summed E-state index contributed by atoms with van der Waals surface area (Å²) in [4.78, 5) is 4.56. The number of rotatable bonds is 3. The summed E-state index contributed by atoms with van der Waals surface area (Å²) in [5.74, 6) is 0. The van der Waals surface area contributed by atoms with E-state index in [1.165, 1.54) is 5.56 Å². The molecule has 1 fully saturated rings. The Bertz CT molecular complexity index is 556. The van der Waals surface area contributed by atoms with Crippen LogP contribution in [0.25, 0.3) is 0 Å². The largest absolute Gasteiger partial charge is 0.390 e. The molecule has 0 radical (unpaired) electrons. The smallest absolute Gasteiger partial charge is 0.319 e. The molecule has 1 saturated heterocycles. The van der Waals surface area contributed by atoms with Crippen molar-refractivity contribution in [2.24, 2.45) is 0 Å². The second-order valence-electron chi connectivity index (χ2n) is 5.19. The third kappa shape index (κ3) is 2.75. The van der Waals surface area contributed by atoms with Crippen molar-refractivity contribution in [2.75, 3.05) is 30.3 Å². The van der Waals surface area contributed by atoms with Crippen LogP contribution in [-0.4, -0.2) is 40.8 Å². The van der Waals surface area contributed by atoms with Crippen LogP contribution in [0, 0.1) is 0 Å². The van der Waals surface area contributed by atoms with E-state index in [0.29, 0.717) is 12.1 Å². The van der Waals surface area contributed by atoms with Gasteiger partial charge in [0, 0.05) is 32.2 Å². The van der Waals surface area contributed by atoms with E-state index >= 15 is 0 Å². The van der Waals surface area contributed by atoms with E-state index < -0.39 is 0 Å². The highest BCUT2D eigenvalue weighted by Crippen LogP contribution is 2.20. The summed E-state index contributed by atoms with van der Waals surface area (Å²) in [5, 5.41) is 7.68. The van der Waals surface area contributed by atoms with Gasteiger partial charge in [0.05, 0.1) is 0 Å². The molecule has 3 rings (SSSR count). The van der Waals surface area contributed by atoms with Crippen LogP contribution in [0.3, 0.4) is 0 Å². The van der Waals surface area contributed by atoms with Crippen molar-refractivity contribution in [2.45, 2.75) is 19.5 Å². The number of piperazine rings is 1. The highest BCUT2D eigenvalue weighted by Gasteiger charge is 2.27. The van der Waals surface area contributed by atoms with Crippen LogP contribution in [0.1, 0.15) is 12.5 Å². The summed E-state index contributed by atoms with van der Waals surface area (Å²) in [6.45, 7) is 5.96. The van der Waals surface area contributed by atoms with Gasteiger partial charge in [0.1, 0.15) is 0 Å². The van der Waals surface area contributed by atoms with Crippen LogP contribution in [0.4, 0.5) is 12.0 Å². The highest BCUT2D eigenvalue weighted by molar-refractivity contribution is 5.30. The predicted molar refractivity (Wildman–Crippen MR) is 77.2 cm³/mol. The third-order valence-corrected chi connectivity index (χ3v) is 3.64. The zero-order chi connectivity index (χ0) is 13.9. The number of nitrogen functional groups attached to an aromatic ring is 1. The molecule has 0 bridgehead atoms. The zero-order valence-corrected chi connectivity index (χ0v) is 11.6. The Labute approximate surface area is 118 Å². The first-order chi connectivity index (χ1) is 9.72. The Morgan fingerprint density at radius 2 is 2.05 bits per heavy atom. The van der Waals surface area contributed by atoms with Crippen molar-refractivity contribution in [1.29, 1.82) is 0 Å². The van der Waals surface area contributed by atoms with Gasteiger partial charge in [-0.05, 0) is 12.5 Å². The Morgan fingerprint density at radius 1 is 1.25 bits per heavy atom. The first-order valence-electron chi connectivity index (χ1n) is 6.84. The summed E-state index contributed by atoms with van der Waals surface area (Å²) >= 11 is 0. The molecule has 2 aromatic rings. The Morgan fingerprint density at radius 3 is 2.70 bits per heavy atom. The van der Waals surface area contributed by atoms with Crippen molar-refractivity contribution in [1.82, 2.24) is 15.1 Å². The minimum Gasteiger partial charge on any atom is -0.390 e. The summed E-state index contributed by atoms with van der Waals surface area (Å²) < 4.78 is 5.31. The molecule has 6 nitrogen and oxygen atoms in total. The summed E-state index contributed by atoms with van der Waals surface area (Å²) in [5.41, 5.74) is 6.83. The molecule has 20 heavy (non-hydrogen) atoms. The van der Waals surface area contributed by atoms with Gasteiger partial charge in [0.25, 0.3) is 0 Å². The zero-order valence-electron chi connectivity index (χ0n) is 11.6. The van der Waals surface area contributed by atoms with Gasteiger partial charge in [-0.1, -0.05) is 40.5 Å². The number of nitrogens with two attached hydrogens (primary N) is 1. The Hall–Kier alpha value is -2.08. The molecule has 0 amide bonds. The van der Waals surface area contributed by atoms with Crippen molar-refractivity contribution in [3.8, 4) is 0 Å². The molecule has 1 aliphatic heterocycles. The van der Waals surface area contributed by atoms with Gasteiger partial charge >= 0.3 is 12.0 Å². The van der Waals surface area contributed by atoms with Crippen molar-refractivity contribution < 1.29 is 4.42 Å². The molecule has 0 aliphatic carbocycles. The highest BCUT2D eigenvalue weighted by atomic mass is 16.4. The fourth-order valence-electron chi connectivity index (χ4n) is 2.64. The average molecular weight is 273 g/mol. The minimum atomic E-state index is 0.124. The van der Waals surface area contributed by atoms with Crippen molar-refractivity contribution in [3.63, 3.8) is 0 Å². The average Bonchev–Trinajstić information content (AvgIpc) is 2.86. The molecular formula is C14H19N5O. The van der Waals surface area contributed by atoms with Gasteiger partial charge in [-0.25, -0.2) is 0 Å². The monoisotopic (exact) mass is 273 g/mol. The molecule has 0 spiro atoms. The predicted octanol–water partition coefficient (Wildman–Crippen LogP) is 1.36. The van der Waals surface area contributed by atoms with E-state index in [1.54, 1.807) is 0 Å². The lowest BCUT2D eigenvalue weighted by Crippen LogP contribution is -2.51. The van der Waals surface area contributed by atoms with E-state index in [9.17, 15) is 0 Å². The molecule has 1 atom stereocenters. The standard InChI is InChI=1S/C14H19N5O/c1-11-9-18(10-12-5-3-2-4-6-12)7-8-19(11)14-17-16-13(15)20-14/h2-6,11H,7-10H2,1H3,(H2,15,16). The van der Waals surface area contributed by atoms with Gasteiger partial charge in [-0.15, -0.1) is 0 Å². The number of hydrogen-bond acceptors (Lipinski definition) is 6. The van der Waals surface area contributed by atoms with Crippen molar-refractivity contribution in [3.05, 3.63) is 35.9 Å². The maximum atomic E-state index is 5.48. The second-order valence-corrected chi connectivity index (χ2v) is 5.19. The van der Waals surface area contributed by atoms with Crippen LogP contribution >= 0.6 is 0 Å². The SMILES string of the molecule is CC1CN(Cc2ccccc2)CCN1c1nnc(N)o1. The van der Waals surface area contributed by atoms with Crippen LogP contribution < -0.4 is 10.6 Å². The topological polar surface area (TPSA) is 71.4 Å². The van der Waals surface area contributed by atoms with E-state index in [2.05, 4.69) is 51.2 Å². The molecule has 106 valence electrons. The van der Waals surface area contributed by atoms with Gasteiger partial charge in [0.15, 0.2) is 0 Å². The number of benzene rings is 1. The minimum absolute atomic E-state index is 0.124. The molecule has 6 heteroatoms. The first kappa shape index (κ1) is 12.9. The summed E-state index contributed by atoms with van der Waals surface area (Å²) in [6, 6.07) is 11.5. The van der Waals surface area contributed by atoms with E-state index in [0.717, 1.165) is 26.2 Å². The quantitative estimate of drug-likeness (QED) is 0.910. The fourth-order valence-corrected chi connectivity index (χ4v) is 2.64. The summed E-state index contributed by atoms with van der Waals surface area (Å²) in [7, 11) is 0. The van der Waals surface area contributed by atoms with E-state index in [4.69, 9.17) is 10.2 Å². The summed E-state index contributed by atoms with van der Waals surface area (Å²) in [6.07, 6.45) is 0. The van der Waals surface area contributed by atoms with Gasteiger partial charge in [0.2, 0.25) is 0 Å². The Kier molecular flexibility index (Phi) is 3.56. The fraction of sp³-hybridized carbons (Fsp3) is 0.429. The molecule has 1 aromatic carbocycles. The van der Waals surface area contributed by atoms with Gasteiger partial charge in [-0.3, -0.25) is 4.90 Å². The van der Waals surface area contributed by atoms with Gasteiger partial charge < -0.3 is 15.1 Å². The van der Waals surface area contributed by atoms with Crippen LogP contribution in [0.2, 0.25) is 0 Å². The normalized spacial score (nSPS) is 20.2. The molecule has 2 N–H and O–H groups in total. The number of anilines is 2. The van der Waals surface area contributed by atoms with Crippen LogP contribution in [0.5, 0.6) is 0 Å². The van der Waals surface area contributed by atoms with E-state index in [1.807, 2.05) is 6.07 Å². The molecular weight excluding hydrogens is 254 g/mol. The molecule has 1 unspecified atom stereocenters. The lowest BCUT2D eigenvalue weighted by atomic mass is 10.1.